The van der Waals surface area contributed by atoms with Crippen molar-refractivity contribution in [2.24, 2.45) is 0 Å². The molecule has 0 N–H and O–H groups in total. The second-order valence-electron chi connectivity index (χ2n) is 11.9. The van der Waals surface area contributed by atoms with Crippen LogP contribution in [0.15, 0.2) is 24.3 Å². The summed E-state index contributed by atoms with van der Waals surface area (Å²) in [6, 6.07) is 6.81. The molecule has 0 saturated heterocycles. The fourth-order valence-electron chi connectivity index (χ4n) is 4.97. The maximum Gasteiger partial charge on any atom is 0.305 e. The predicted molar refractivity (Wildman–Crippen MR) is 193 cm³/mol. The molecule has 0 bridgehead atoms. The van der Waals surface area contributed by atoms with Gasteiger partial charge in [0.25, 0.3) is 11.8 Å². The number of hydrogen-bond acceptors (Lipinski definition) is 13. The van der Waals surface area contributed by atoms with Crippen LogP contribution in [0.25, 0.3) is 0 Å². The Balaban J connectivity index is 1.17. The van der Waals surface area contributed by atoms with Gasteiger partial charge in [-0.15, -0.1) is 0 Å². The molecule has 0 aliphatic carbocycles. The maximum absolute atomic E-state index is 12.3. The molecule has 0 spiro atoms. The first kappa shape index (κ1) is 45.6. The van der Waals surface area contributed by atoms with Gasteiger partial charge in [0.05, 0.1) is 137 Å². The summed E-state index contributed by atoms with van der Waals surface area (Å²) >= 11 is 0. The van der Waals surface area contributed by atoms with E-state index >= 15 is 0 Å². The summed E-state index contributed by atoms with van der Waals surface area (Å²) in [6.07, 6.45) is 8.75. The zero-order chi connectivity index (χ0) is 37.2. The van der Waals surface area contributed by atoms with E-state index in [1.807, 2.05) is 0 Å². The van der Waals surface area contributed by atoms with Crippen LogP contribution in [0.3, 0.4) is 0 Å². The largest absolute Gasteiger partial charge is 0.463 e. The second kappa shape index (κ2) is 33.1. The van der Waals surface area contributed by atoms with Gasteiger partial charge in [-0.05, 0) is 18.6 Å². The Hall–Kier alpha value is -2.53. The Morgan fingerprint density at radius 1 is 0.462 bits per heavy atom. The zero-order valence-corrected chi connectivity index (χ0v) is 31.4. The highest BCUT2D eigenvalue weighted by Gasteiger charge is 2.34. The lowest BCUT2D eigenvalue weighted by atomic mass is 10.1. The quantitative estimate of drug-likeness (QED) is 0.0545. The van der Waals surface area contributed by atoms with Crippen LogP contribution in [0.2, 0.25) is 0 Å². The van der Waals surface area contributed by atoms with Crippen molar-refractivity contribution in [1.29, 1.82) is 0 Å². The third-order valence-electron chi connectivity index (χ3n) is 7.79. The number of imide groups is 1. The van der Waals surface area contributed by atoms with Crippen LogP contribution in [-0.4, -0.2) is 155 Å². The van der Waals surface area contributed by atoms with Gasteiger partial charge in [0.15, 0.2) is 0 Å². The van der Waals surface area contributed by atoms with Gasteiger partial charge < -0.3 is 47.4 Å². The van der Waals surface area contributed by atoms with Crippen molar-refractivity contribution in [3.05, 3.63) is 35.4 Å². The lowest BCUT2D eigenvalue weighted by Gasteiger charge is -2.13. The van der Waals surface area contributed by atoms with Gasteiger partial charge in [0.2, 0.25) is 0 Å². The van der Waals surface area contributed by atoms with Crippen LogP contribution in [-0.2, 0) is 52.2 Å². The van der Waals surface area contributed by atoms with Gasteiger partial charge in [-0.3, -0.25) is 19.3 Å². The Bertz CT molecular complexity index is 1010. The van der Waals surface area contributed by atoms with E-state index in [2.05, 4.69) is 6.92 Å². The molecule has 1 aromatic rings. The highest BCUT2D eigenvalue weighted by atomic mass is 16.6. The smallest absolute Gasteiger partial charge is 0.305 e. The molecule has 52 heavy (non-hydrogen) atoms. The summed E-state index contributed by atoms with van der Waals surface area (Å²) in [5, 5.41) is 0. The van der Waals surface area contributed by atoms with E-state index in [0.717, 1.165) is 12.8 Å². The maximum atomic E-state index is 12.3. The minimum atomic E-state index is -0.279. The number of hydrogen-bond donors (Lipinski definition) is 0. The van der Waals surface area contributed by atoms with Gasteiger partial charge in [-0.1, -0.05) is 57.6 Å². The lowest BCUT2D eigenvalue weighted by Crippen LogP contribution is -2.33. The summed E-state index contributed by atoms with van der Waals surface area (Å²) in [5.41, 5.74) is 0.880. The number of amides is 2. The van der Waals surface area contributed by atoms with Crippen molar-refractivity contribution < 1.29 is 61.8 Å². The molecule has 298 valence electrons. The minimum Gasteiger partial charge on any atom is -0.463 e. The first-order valence-electron chi connectivity index (χ1n) is 19.0. The topological polar surface area (TPSA) is 147 Å². The van der Waals surface area contributed by atoms with E-state index in [1.165, 1.54) is 37.0 Å². The minimum absolute atomic E-state index is 0.147. The van der Waals surface area contributed by atoms with Crippen LogP contribution in [0, 0.1) is 0 Å². The van der Waals surface area contributed by atoms with Gasteiger partial charge in [-0.25, -0.2) is 0 Å². The third kappa shape index (κ3) is 23.2. The Labute approximate surface area is 309 Å². The fraction of sp³-hybridized carbons (Fsp3) is 0.763. The molecule has 1 aliphatic rings. The SMILES string of the molecule is CCCCCCCCCC(=O)OCCOCCOCCOCCOCCOCCOCCOCCOCCOCCN1C(=O)c2ccccc2C1=O. The summed E-state index contributed by atoms with van der Waals surface area (Å²) < 4.78 is 54.4. The Kier molecular flexibility index (Phi) is 29.0. The van der Waals surface area contributed by atoms with E-state index in [4.69, 9.17) is 47.4 Å². The van der Waals surface area contributed by atoms with E-state index in [0.29, 0.717) is 130 Å². The van der Waals surface area contributed by atoms with Crippen LogP contribution < -0.4 is 0 Å². The Morgan fingerprint density at radius 2 is 0.788 bits per heavy atom. The van der Waals surface area contributed by atoms with Gasteiger partial charge >= 0.3 is 5.97 Å². The highest BCUT2D eigenvalue weighted by molar-refractivity contribution is 6.21. The summed E-state index contributed by atoms with van der Waals surface area (Å²) in [5.74, 6) is -0.706. The van der Waals surface area contributed by atoms with Crippen molar-refractivity contribution >= 4 is 17.8 Å². The number of fused-ring (bicyclic) bond motifs is 1. The molecular weight excluding hydrogens is 678 g/mol. The van der Waals surface area contributed by atoms with Crippen LogP contribution in [0.4, 0.5) is 0 Å². The van der Waals surface area contributed by atoms with Crippen LogP contribution >= 0.6 is 0 Å². The molecule has 2 rings (SSSR count). The summed E-state index contributed by atoms with van der Waals surface area (Å²) in [7, 11) is 0. The standard InChI is InChI=1S/C38H63NO13/c1-2-3-4-5-6-7-8-13-36(40)52-33-32-51-31-30-50-29-28-49-27-26-48-25-24-47-23-22-46-21-20-45-19-18-44-17-16-43-15-14-39-37(41)34-11-9-10-12-35(34)38(39)42/h9-12H,2-8,13-33H2,1H3. The average molecular weight is 742 g/mol. The number of carbonyl (C=O) groups is 3. The third-order valence-corrected chi connectivity index (χ3v) is 7.79. The molecule has 0 saturated carbocycles. The van der Waals surface area contributed by atoms with E-state index < -0.39 is 0 Å². The van der Waals surface area contributed by atoms with Crippen molar-refractivity contribution in [1.82, 2.24) is 4.90 Å². The van der Waals surface area contributed by atoms with Crippen molar-refractivity contribution in [2.45, 2.75) is 58.3 Å². The monoisotopic (exact) mass is 741 g/mol. The van der Waals surface area contributed by atoms with E-state index in [9.17, 15) is 14.4 Å². The number of nitrogens with zero attached hydrogens (tertiary/aromatic N) is 1. The zero-order valence-electron chi connectivity index (χ0n) is 31.4. The number of benzene rings is 1. The second-order valence-corrected chi connectivity index (χ2v) is 11.9. The van der Waals surface area contributed by atoms with Gasteiger partial charge in [-0.2, -0.15) is 0 Å². The summed E-state index contributed by atoms with van der Waals surface area (Å²) in [4.78, 5) is 37.6. The number of rotatable bonds is 38. The molecule has 1 heterocycles. The summed E-state index contributed by atoms with van der Waals surface area (Å²) in [6.45, 7) is 10.6. The first-order valence-corrected chi connectivity index (χ1v) is 19.0. The molecule has 0 radical (unpaired) electrons. The molecule has 0 aromatic heterocycles. The Morgan fingerprint density at radius 3 is 1.17 bits per heavy atom. The fourth-order valence-corrected chi connectivity index (χ4v) is 4.97. The molecule has 14 nitrogen and oxygen atoms in total. The van der Waals surface area contributed by atoms with Crippen LogP contribution in [0.1, 0.15) is 79.0 Å². The van der Waals surface area contributed by atoms with Crippen molar-refractivity contribution in [3.63, 3.8) is 0 Å². The normalized spacial score (nSPS) is 12.6. The van der Waals surface area contributed by atoms with Crippen LogP contribution in [0.5, 0.6) is 0 Å². The van der Waals surface area contributed by atoms with Gasteiger partial charge in [0.1, 0.15) is 6.61 Å². The molecule has 0 atom stereocenters. The molecule has 0 unspecified atom stereocenters. The molecule has 14 heteroatoms. The average Bonchev–Trinajstić information content (AvgIpc) is 3.40. The van der Waals surface area contributed by atoms with E-state index in [-0.39, 0.29) is 37.5 Å². The van der Waals surface area contributed by atoms with Crippen molar-refractivity contribution in [3.8, 4) is 0 Å². The molecule has 2 amide bonds. The first-order chi connectivity index (χ1) is 25.6. The van der Waals surface area contributed by atoms with E-state index in [1.54, 1.807) is 24.3 Å². The number of unbranched alkanes of at least 4 members (excludes halogenated alkanes) is 6. The molecular formula is C38H63NO13. The highest BCUT2D eigenvalue weighted by Crippen LogP contribution is 2.21. The predicted octanol–water partition coefficient (Wildman–Crippen LogP) is 4.12. The van der Waals surface area contributed by atoms with Crippen molar-refractivity contribution in [2.75, 3.05) is 132 Å². The molecule has 1 aliphatic heterocycles. The lowest BCUT2D eigenvalue weighted by molar-refractivity contribution is -0.145. The number of ether oxygens (including phenoxy) is 10. The number of esters is 1. The molecule has 1 aromatic carbocycles. The van der Waals surface area contributed by atoms with Gasteiger partial charge in [0, 0.05) is 6.42 Å². The molecule has 0 fully saturated rings. The number of carbonyl (C=O) groups excluding carboxylic acids is 3.